The van der Waals surface area contributed by atoms with E-state index in [-0.39, 0.29) is 0 Å². The van der Waals surface area contributed by atoms with Crippen molar-refractivity contribution in [3.8, 4) is 5.75 Å². The number of halogens is 1. The fourth-order valence-corrected chi connectivity index (χ4v) is 4.18. The zero-order valence-electron chi connectivity index (χ0n) is 12.2. The molecule has 2 aliphatic carbocycles. The van der Waals surface area contributed by atoms with E-state index >= 15 is 0 Å². The van der Waals surface area contributed by atoms with Gasteiger partial charge in [0.25, 0.3) is 0 Å². The summed E-state index contributed by atoms with van der Waals surface area (Å²) in [5, 5.41) is 4.28. The van der Waals surface area contributed by atoms with Crippen molar-refractivity contribution in [1.82, 2.24) is 5.32 Å². The summed E-state index contributed by atoms with van der Waals surface area (Å²) in [6.45, 7) is 0. The second-order valence-electron chi connectivity index (χ2n) is 6.28. The third-order valence-corrected chi connectivity index (χ3v) is 5.51. The predicted octanol–water partition coefficient (Wildman–Crippen LogP) is 4.42. The van der Waals surface area contributed by atoms with Gasteiger partial charge in [-0.1, -0.05) is 37.3 Å². The highest BCUT2D eigenvalue weighted by Gasteiger charge is 2.55. The molecule has 0 aromatic heterocycles. The molecule has 0 aliphatic heterocycles. The summed E-state index contributed by atoms with van der Waals surface area (Å²) in [6, 6.07) is 8.41. The van der Waals surface area contributed by atoms with Gasteiger partial charge in [0, 0.05) is 22.9 Å². The van der Waals surface area contributed by atoms with Crippen molar-refractivity contribution in [3.63, 3.8) is 0 Å². The summed E-state index contributed by atoms with van der Waals surface area (Å²) in [7, 11) is 2.09. The lowest BCUT2D eigenvalue weighted by Gasteiger charge is -2.55. The van der Waals surface area contributed by atoms with E-state index in [2.05, 4.69) is 12.4 Å². The third-order valence-electron chi connectivity index (χ3n) is 5.26. The zero-order valence-corrected chi connectivity index (χ0v) is 13.0. The normalized spacial score (nSPS) is 28.7. The van der Waals surface area contributed by atoms with Gasteiger partial charge in [-0.15, -0.1) is 0 Å². The Morgan fingerprint density at radius 1 is 1.10 bits per heavy atom. The molecule has 0 heterocycles. The van der Waals surface area contributed by atoms with E-state index in [1.165, 1.54) is 38.5 Å². The van der Waals surface area contributed by atoms with Gasteiger partial charge in [0.15, 0.2) is 0 Å². The first-order valence-corrected chi connectivity index (χ1v) is 8.22. The van der Waals surface area contributed by atoms with Gasteiger partial charge in [0.1, 0.15) is 11.9 Å². The largest absolute Gasteiger partial charge is 0.490 e. The summed E-state index contributed by atoms with van der Waals surface area (Å²) in [4.78, 5) is 0. The Labute approximate surface area is 126 Å². The molecule has 2 nitrogen and oxygen atoms in total. The molecule has 1 spiro atoms. The average Bonchev–Trinajstić information content (AvgIpc) is 2.73. The molecule has 2 unspecified atom stereocenters. The minimum atomic E-state index is 0.352. The first-order valence-electron chi connectivity index (χ1n) is 7.84. The van der Waals surface area contributed by atoms with Crippen LogP contribution >= 0.6 is 11.6 Å². The minimum Gasteiger partial charge on any atom is -0.490 e. The first-order chi connectivity index (χ1) is 9.74. The summed E-state index contributed by atoms with van der Waals surface area (Å²) in [5.74, 6) is 0.956. The Morgan fingerprint density at radius 2 is 1.75 bits per heavy atom. The fourth-order valence-electron chi connectivity index (χ4n) is 4.05. The number of rotatable bonds is 3. The molecule has 1 aromatic carbocycles. The molecule has 0 amide bonds. The van der Waals surface area contributed by atoms with Crippen molar-refractivity contribution in [2.75, 3.05) is 7.05 Å². The number of hydrogen-bond donors (Lipinski definition) is 1. The molecule has 2 fully saturated rings. The number of benzene rings is 1. The van der Waals surface area contributed by atoms with Crippen LogP contribution in [0.1, 0.15) is 44.9 Å². The van der Waals surface area contributed by atoms with Gasteiger partial charge in [-0.25, -0.2) is 0 Å². The van der Waals surface area contributed by atoms with Crippen molar-refractivity contribution >= 4 is 11.6 Å². The van der Waals surface area contributed by atoms with Crippen LogP contribution < -0.4 is 10.1 Å². The zero-order chi connectivity index (χ0) is 14.0. The molecule has 0 radical (unpaired) electrons. The smallest absolute Gasteiger partial charge is 0.119 e. The lowest BCUT2D eigenvalue weighted by atomic mass is 9.58. The molecule has 3 rings (SSSR count). The highest BCUT2D eigenvalue weighted by molar-refractivity contribution is 6.30. The molecule has 110 valence electrons. The quantitative estimate of drug-likeness (QED) is 0.891. The molecule has 0 bridgehead atoms. The summed E-state index contributed by atoms with van der Waals surface area (Å²) in [5.41, 5.74) is 0.352. The molecule has 1 aromatic rings. The molecule has 1 N–H and O–H groups in total. The highest BCUT2D eigenvalue weighted by atomic mass is 35.5. The van der Waals surface area contributed by atoms with Crippen LogP contribution in [0.3, 0.4) is 0 Å². The predicted molar refractivity (Wildman–Crippen MR) is 83.5 cm³/mol. The van der Waals surface area contributed by atoms with Crippen molar-refractivity contribution in [2.45, 2.75) is 57.1 Å². The number of hydrogen-bond acceptors (Lipinski definition) is 2. The van der Waals surface area contributed by atoms with Crippen LogP contribution in [0.25, 0.3) is 0 Å². The Balaban J connectivity index is 1.73. The maximum Gasteiger partial charge on any atom is 0.119 e. The van der Waals surface area contributed by atoms with Crippen molar-refractivity contribution < 1.29 is 4.74 Å². The van der Waals surface area contributed by atoms with E-state index in [1.54, 1.807) is 0 Å². The van der Waals surface area contributed by atoms with Crippen LogP contribution in [0.4, 0.5) is 0 Å². The Morgan fingerprint density at radius 3 is 2.35 bits per heavy atom. The van der Waals surface area contributed by atoms with Gasteiger partial charge in [0.05, 0.1) is 0 Å². The lowest BCUT2D eigenvalue weighted by Crippen LogP contribution is -2.64. The molecule has 2 atom stereocenters. The van der Waals surface area contributed by atoms with Gasteiger partial charge in [-0.2, -0.15) is 0 Å². The number of nitrogens with one attached hydrogen (secondary N) is 1. The van der Waals surface area contributed by atoms with E-state index in [9.17, 15) is 0 Å². The van der Waals surface area contributed by atoms with E-state index in [1.807, 2.05) is 24.3 Å². The van der Waals surface area contributed by atoms with Gasteiger partial charge in [-0.05, 0) is 44.2 Å². The van der Waals surface area contributed by atoms with Crippen LogP contribution in [0.15, 0.2) is 24.3 Å². The SMILES string of the molecule is CNC1CC(Oc2ccc(Cl)cc2)C12CCCCCC2. The van der Waals surface area contributed by atoms with Gasteiger partial charge < -0.3 is 10.1 Å². The maximum absolute atomic E-state index is 6.29. The van der Waals surface area contributed by atoms with Crippen LogP contribution in [0.2, 0.25) is 5.02 Å². The lowest BCUT2D eigenvalue weighted by molar-refractivity contribution is -0.0882. The van der Waals surface area contributed by atoms with Crippen molar-refractivity contribution in [2.24, 2.45) is 5.41 Å². The summed E-state index contributed by atoms with van der Waals surface area (Å²) < 4.78 is 6.29. The van der Waals surface area contributed by atoms with Crippen molar-refractivity contribution in [1.29, 1.82) is 0 Å². The third kappa shape index (κ3) is 2.56. The van der Waals surface area contributed by atoms with Gasteiger partial charge >= 0.3 is 0 Å². The summed E-state index contributed by atoms with van der Waals surface area (Å²) in [6.07, 6.45) is 9.54. The highest BCUT2D eigenvalue weighted by Crippen LogP contribution is 2.52. The second kappa shape index (κ2) is 5.95. The monoisotopic (exact) mass is 293 g/mol. The molecule has 2 aliphatic rings. The molecular weight excluding hydrogens is 270 g/mol. The van der Waals surface area contributed by atoms with Gasteiger partial charge in [-0.3, -0.25) is 0 Å². The van der Waals surface area contributed by atoms with E-state index in [0.29, 0.717) is 17.6 Å². The van der Waals surface area contributed by atoms with Crippen LogP contribution in [-0.4, -0.2) is 19.2 Å². The Kier molecular flexibility index (Phi) is 4.23. The average molecular weight is 294 g/mol. The molecule has 0 saturated heterocycles. The molecule has 2 saturated carbocycles. The number of ether oxygens (including phenoxy) is 1. The fraction of sp³-hybridized carbons (Fsp3) is 0.647. The topological polar surface area (TPSA) is 21.3 Å². The Hall–Kier alpha value is -0.730. The standard InChI is InChI=1S/C17H24ClNO/c1-19-15-12-16(17(15)10-4-2-3-5-11-17)20-14-8-6-13(18)7-9-14/h6-9,15-16,19H,2-5,10-12H2,1H3. The van der Waals surface area contributed by atoms with E-state index in [0.717, 1.165) is 17.2 Å². The van der Waals surface area contributed by atoms with Crippen LogP contribution in [0.5, 0.6) is 5.75 Å². The molecule has 3 heteroatoms. The van der Waals surface area contributed by atoms with E-state index < -0.39 is 0 Å². The van der Waals surface area contributed by atoms with E-state index in [4.69, 9.17) is 16.3 Å². The minimum absolute atomic E-state index is 0.352. The first kappa shape index (κ1) is 14.2. The molecular formula is C17H24ClNO. The second-order valence-corrected chi connectivity index (χ2v) is 6.72. The van der Waals surface area contributed by atoms with Crippen LogP contribution in [-0.2, 0) is 0 Å². The summed E-state index contributed by atoms with van der Waals surface area (Å²) >= 11 is 5.94. The van der Waals surface area contributed by atoms with Gasteiger partial charge in [0.2, 0.25) is 0 Å². The Bertz CT molecular complexity index is 437. The molecule has 20 heavy (non-hydrogen) atoms. The van der Waals surface area contributed by atoms with Crippen molar-refractivity contribution in [3.05, 3.63) is 29.3 Å². The van der Waals surface area contributed by atoms with Crippen LogP contribution in [0, 0.1) is 5.41 Å². The maximum atomic E-state index is 6.29.